The first-order chi connectivity index (χ1) is 20.7. The maximum Gasteiger partial charge on any atom is 0.212 e. The van der Waals surface area contributed by atoms with Crippen molar-refractivity contribution in [1.82, 2.24) is 40.0 Å². The highest BCUT2D eigenvalue weighted by atomic mass is 16.5. The van der Waals surface area contributed by atoms with E-state index in [0.29, 0.717) is 31.2 Å². The Balaban J connectivity index is 1.01. The summed E-state index contributed by atoms with van der Waals surface area (Å²) in [5.41, 5.74) is 4.93. The number of hydrogen-bond donors (Lipinski definition) is 2. The predicted octanol–water partition coefficient (Wildman–Crippen LogP) is 2.51. The van der Waals surface area contributed by atoms with Crippen LogP contribution in [0.2, 0.25) is 0 Å². The van der Waals surface area contributed by atoms with Crippen molar-refractivity contribution >= 4 is 22.4 Å². The summed E-state index contributed by atoms with van der Waals surface area (Å²) in [5, 5.41) is 16.2. The van der Waals surface area contributed by atoms with Gasteiger partial charge >= 0.3 is 0 Å². The van der Waals surface area contributed by atoms with Gasteiger partial charge in [-0.3, -0.25) is 10.00 Å². The minimum absolute atomic E-state index is 0.0230. The molecule has 4 aliphatic heterocycles. The Kier molecular flexibility index (Phi) is 6.38. The Morgan fingerprint density at radius 3 is 2.76 bits per heavy atom. The molecule has 0 saturated carbocycles. The standard InChI is InChI=1S/C30H33N9O3/c1-40-28-5-2-19(10-33-28)14-38-21-8-22(38)16-37(15-21)27-4-3-20(11-32-27)25-9-23(42-18-24-12-31-6-7-41-24)17-39-29(25)26-13-34-35-30(26)36-39/h2-5,9-11,13,17,21-22,24,31H,6-8,12,14-16,18H2,1H3,(H,35,36)/t21?,22?,24-/m0/s1. The maximum absolute atomic E-state index is 6.19. The van der Waals surface area contributed by atoms with Gasteiger partial charge in [-0.05, 0) is 30.2 Å². The molecular weight excluding hydrogens is 534 g/mol. The Bertz CT molecular complexity index is 1680. The molecule has 12 heteroatoms. The van der Waals surface area contributed by atoms with Crippen LogP contribution < -0.4 is 19.7 Å². The van der Waals surface area contributed by atoms with Crippen molar-refractivity contribution in [2.24, 2.45) is 0 Å². The number of piperidine rings is 1. The van der Waals surface area contributed by atoms with Crippen molar-refractivity contribution in [3.8, 4) is 22.8 Å². The summed E-state index contributed by atoms with van der Waals surface area (Å²) in [6.45, 7) is 5.68. The van der Waals surface area contributed by atoms with Crippen LogP contribution in [0.5, 0.6) is 11.6 Å². The van der Waals surface area contributed by atoms with Crippen molar-refractivity contribution < 1.29 is 14.2 Å². The zero-order valence-corrected chi connectivity index (χ0v) is 23.4. The van der Waals surface area contributed by atoms with Crippen LogP contribution in [0.25, 0.3) is 27.7 Å². The second-order valence-electron chi connectivity index (χ2n) is 11.3. The number of anilines is 1. The molecule has 5 aromatic heterocycles. The first-order valence-electron chi connectivity index (χ1n) is 14.5. The van der Waals surface area contributed by atoms with Crippen molar-refractivity contribution in [2.75, 3.05) is 51.4 Å². The van der Waals surface area contributed by atoms with E-state index in [0.717, 1.165) is 72.0 Å². The number of fused-ring (bicyclic) bond motifs is 5. The number of H-pyrrole nitrogens is 1. The normalized spacial score (nSPS) is 22.4. The van der Waals surface area contributed by atoms with E-state index in [1.54, 1.807) is 7.11 Å². The maximum atomic E-state index is 6.19. The van der Waals surface area contributed by atoms with Crippen LogP contribution in [-0.4, -0.2) is 99.4 Å². The van der Waals surface area contributed by atoms with Gasteiger partial charge in [0.2, 0.25) is 5.88 Å². The lowest BCUT2D eigenvalue weighted by Gasteiger charge is -2.56. The number of rotatable bonds is 8. The number of methoxy groups -OCH3 is 1. The molecule has 9 rings (SSSR count). The Morgan fingerprint density at radius 1 is 1.07 bits per heavy atom. The fourth-order valence-electron chi connectivity index (χ4n) is 6.46. The van der Waals surface area contributed by atoms with Gasteiger partial charge in [0.15, 0.2) is 5.65 Å². The van der Waals surface area contributed by atoms with Gasteiger partial charge in [0.25, 0.3) is 0 Å². The largest absolute Gasteiger partial charge is 0.489 e. The monoisotopic (exact) mass is 567 g/mol. The Morgan fingerprint density at radius 2 is 2.00 bits per heavy atom. The average Bonchev–Trinajstić information content (AvgIpc) is 3.65. The van der Waals surface area contributed by atoms with E-state index < -0.39 is 0 Å². The van der Waals surface area contributed by atoms with Gasteiger partial charge in [-0.25, -0.2) is 14.5 Å². The SMILES string of the molecule is COc1ccc(CN2C3CC2CN(c2ccc(-c4cc(OC[C@@H]5CNCCO5)cn5nc6[nH]ncc6c45)cn2)C3)cn1. The first-order valence-corrected chi connectivity index (χ1v) is 14.5. The molecular formula is C30H33N9O3. The molecule has 4 aliphatic rings. The number of aromatic nitrogens is 6. The fraction of sp³-hybridized carbons (Fsp3) is 0.400. The Labute approximate surface area is 242 Å². The topological polar surface area (TPSA) is 118 Å². The molecule has 4 fully saturated rings. The third kappa shape index (κ3) is 4.61. The molecule has 0 amide bonds. The molecule has 3 atom stereocenters. The van der Waals surface area contributed by atoms with Crippen LogP contribution >= 0.6 is 0 Å². The third-order valence-corrected chi connectivity index (χ3v) is 8.64. The van der Waals surface area contributed by atoms with Gasteiger partial charge in [0, 0.05) is 74.4 Å². The summed E-state index contributed by atoms with van der Waals surface area (Å²) in [6, 6.07) is 11.4. The van der Waals surface area contributed by atoms with Crippen molar-refractivity contribution in [3.63, 3.8) is 0 Å². The lowest BCUT2D eigenvalue weighted by molar-refractivity contribution is -0.00876. The lowest BCUT2D eigenvalue weighted by atomic mass is 9.87. The van der Waals surface area contributed by atoms with Crippen LogP contribution in [0.1, 0.15) is 12.0 Å². The number of hydrogen-bond acceptors (Lipinski definition) is 10. The number of ether oxygens (including phenoxy) is 3. The number of nitrogens with one attached hydrogen (secondary N) is 2. The molecule has 216 valence electrons. The summed E-state index contributed by atoms with van der Waals surface area (Å²) >= 11 is 0. The van der Waals surface area contributed by atoms with Gasteiger partial charge < -0.3 is 24.4 Å². The Hall–Kier alpha value is -4.26. The van der Waals surface area contributed by atoms with Crippen molar-refractivity contribution in [2.45, 2.75) is 31.2 Å². The first kappa shape index (κ1) is 25.5. The average molecular weight is 568 g/mol. The van der Waals surface area contributed by atoms with Crippen LogP contribution in [-0.2, 0) is 11.3 Å². The molecule has 2 unspecified atom stereocenters. The number of aromatic amines is 1. The predicted molar refractivity (Wildman–Crippen MR) is 157 cm³/mol. The number of pyridine rings is 3. The van der Waals surface area contributed by atoms with Gasteiger partial charge in [0.05, 0.1) is 37.0 Å². The lowest BCUT2D eigenvalue weighted by Crippen LogP contribution is -2.68. The zero-order chi connectivity index (χ0) is 28.0. The highest BCUT2D eigenvalue weighted by Gasteiger charge is 2.44. The van der Waals surface area contributed by atoms with Crippen molar-refractivity contribution in [1.29, 1.82) is 0 Å². The molecule has 42 heavy (non-hydrogen) atoms. The molecule has 0 aromatic carbocycles. The number of piperazine rings is 1. The van der Waals surface area contributed by atoms with Gasteiger partial charge in [-0.15, -0.1) is 5.10 Å². The van der Waals surface area contributed by atoms with E-state index >= 15 is 0 Å². The van der Waals surface area contributed by atoms with Crippen molar-refractivity contribution in [3.05, 3.63) is 60.7 Å². The van der Waals surface area contributed by atoms with Crippen LogP contribution in [0, 0.1) is 0 Å². The van der Waals surface area contributed by atoms with Crippen LogP contribution in [0.4, 0.5) is 5.82 Å². The molecule has 0 spiro atoms. The quantitative estimate of drug-likeness (QED) is 0.290. The smallest absolute Gasteiger partial charge is 0.212 e. The molecule has 2 N–H and O–H groups in total. The molecule has 9 heterocycles. The summed E-state index contributed by atoms with van der Waals surface area (Å²) in [6.07, 6.45) is 8.86. The molecule has 0 aliphatic carbocycles. The zero-order valence-electron chi connectivity index (χ0n) is 23.4. The van der Waals surface area contributed by atoms with E-state index in [1.807, 2.05) is 35.4 Å². The van der Waals surface area contributed by atoms with Crippen LogP contribution in [0.15, 0.2) is 55.1 Å². The summed E-state index contributed by atoms with van der Waals surface area (Å²) in [4.78, 5) is 14.3. The van der Waals surface area contributed by atoms with Gasteiger partial charge in [-0.1, -0.05) is 6.07 Å². The summed E-state index contributed by atoms with van der Waals surface area (Å²) in [7, 11) is 1.64. The van der Waals surface area contributed by atoms with E-state index in [9.17, 15) is 0 Å². The van der Waals surface area contributed by atoms with Gasteiger partial charge in [0.1, 0.15) is 24.3 Å². The highest BCUT2D eigenvalue weighted by molar-refractivity contribution is 6.00. The van der Waals surface area contributed by atoms with E-state index in [-0.39, 0.29) is 6.10 Å². The molecule has 4 saturated heterocycles. The third-order valence-electron chi connectivity index (χ3n) is 8.64. The fourth-order valence-corrected chi connectivity index (χ4v) is 6.46. The highest BCUT2D eigenvalue weighted by Crippen LogP contribution is 2.37. The number of morpholine rings is 1. The van der Waals surface area contributed by atoms with E-state index in [4.69, 9.17) is 24.3 Å². The van der Waals surface area contributed by atoms with Crippen LogP contribution in [0.3, 0.4) is 0 Å². The van der Waals surface area contributed by atoms with Gasteiger partial charge in [-0.2, -0.15) is 5.10 Å². The molecule has 5 aromatic rings. The minimum atomic E-state index is 0.0230. The minimum Gasteiger partial charge on any atom is -0.489 e. The molecule has 12 nitrogen and oxygen atoms in total. The number of nitrogens with zero attached hydrogens (tertiary/aromatic N) is 7. The summed E-state index contributed by atoms with van der Waals surface area (Å²) in [5.74, 6) is 2.39. The summed E-state index contributed by atoms with van der Waals surface area (Å²) < 4.78 is 19.1. The second kappa shape index (κ2) is 10.5. The van der Waals surface area contributed by atoms with E-state index in [1.165, 1.54) is 12.0 Å². The second-order valence-corrected chi connectivity index (χ2v) is 11.3. The molecule has 0 radical (unpaired) electrons. The molecule has 2 bridgehead atoms. The van der Waals surface area contributed by atoms with E-state index in [2.05, 4.69) is 54.6 Å².